The van der Waals surface area contributed by atoms with Gasteiger partial charge < -0.3 is 15.1 Å². The number of likely N-dealkylation sites (N-methyl/N-ethyl adjacent to an activating group) is 1. The van der Waals surface area contributed by atoms with Crippen molar-refractivity contribution in [2.24, 2.45) is 0 Å². The van der Waals surface area contributed by atoms with E-state index >= 15 is 0 Å². The molecule has 2 aromatic rings. The summed E-state index contributed by atoms with van der Waals surface area (Å²) in [6, 6.07) is 15.7. The van der Waals surface area contributed by atoms with E-state index in [-0.39, 0.29) is 24.3 Å². The number of hydrogen-bond acceptors (Lipinski definition) is 3. The second-order valence-corrected chi connectivity index (χ2v) is 7.66. The largest absolute Gasteiger partial charge is 0.347 e. The number of carbonyl (C=O) groups excluding carboxylic acids is 3. The molecular weight excluding hydrogens is 378 g/mol. The van der Waals surface area contributed by atoms with Crippen molar-refractivity contribution in [3.05, 3.63) is 59.7 Å². The number of piperazine rings is 1. The van der Waals surface area contributed by atoms with Crippen molar-refractivity contribution in [1.82, 2.24) is 15.1 Å². The monoisotopic (exact) mass is 407 g/mol. The fourth-order valence-corrected chi connectivity index (χ4v) is 3.95. The third-order valence-electron chi connectivity index (χ3n) is 5.53. The Morgan fingerprint density at radius 1 is 1.10 bits per heavy atom. The molecule has 30 heavy (non-hydrogen) atoms. The summed E-state index contributed by atoms with van der Waals surface area (Å²) in [5, 5.41) is 2.56. The van der Waals surface area contributed by atoms with Crippen LogP contribution in [0.3, 0.4) is 0 Å². The van der Waals surface area contributed by atoms with Crippen LogP contribution in [0, 0.1) is 6.92 Å². The van der Waals surface area contributed by atoms with E-state index < -0.39 is 6.04 Å². The predicted octanol–water partition coefficient (Wildman–Crippen LogP) is 2.40. The summed E-state index contributed by atoms with van der Waals surface area (Å²) in [6.45, 7) is 6.88. The minimum absolute atomic E-state index is 0.0426. The first-order valence-corrected chi connectivity index (χ1v) is 10.4. The second-order valence-electron chi connectivity index (χ2n) is 7.66. The minimum atomic E-state index is -0.578. The third-order valence-corrected chi connectivity index (χ3v) is 5.53. The summed E-state index contributed by atoms with van der Waals surface area (Å²) in [5.74, 6) is -0.533. The number of aryl methyl sites for hydroxylation is 1. The van der Waals surface area contributed by atoms with E-state index in [1.165, 1.54) is 12.5 Å². The molecule has 1 fully saturated rings. The molecule has 0 spiro atoms. The van der Waals surface area contributed by atoms with Crippen LogP contribution in [-0.4, -0.2) is 59.7 Å². The predicted molar refractivity (Wildman–Crippen MR) is 117 cm³/mol. The van der Waals surface area contributed by atoms with Crippen LogP contribution in [0.1, 0.15) is 25.0 Å². The average Bonchev–Trinajstić information content (AvgIpc) is 2.73. The molecule has 3 amide bonds. The zero-order valence-corrected chi connectivity index (χ0v) is 17.9. The van der Waals surface area contributed by atoms with E-state index in [0.29, 0.717) is 26.1 Å². The topological polar surface area (TPSA) is 69.7 Å². The third kappa shape index (κ3) is 4.87. The molecule has 1 heterocycles. The second kappa shape index (κ2) is 9.57. The minimum Gasteiger partial charge on any atom is -0.347 e. The van der Waals surface area contributed by atoms with Gasteiger partial charge in [-0.05, 0) is 30.5 Å². The summed E-state index contributed by atoms with van der Waals surface area (Å²) in [7, 11) is 0. The molecule has 1 N–H and O–H groups in total. The Morgan fingerprint density at radius 3 is 2.57 bits per heavy atom. The molecule has 1 atom stereocenters. The summed E-state index contributed by atoms with van der Waals surface area (Å²) >= 11 is 0. The summed E-state index contributed by atoms with van der Waals surface area (Å²) in [6.07, 6.45) is 0.436. The van der Waals surface area contributed by atoms with Crippen molar-refractivity contribution in [2.75, 3.05) is 26.2 Å². The molecule has 0 saturated carbocycles. The lowest BCUT2D eigenvalue weighted by Crippen LogP contribution is -2.60. The van der Waals surface area contributed by atoms with E-state index in [1.807, 2.05) is 31.2 Å². The van der Waals surface area contributed by atoms with Gasteiger partial charge in [-0.1, -0.05) is 54.1 Å². The van der Waals surface area contributed by atoms with E-state index in [9.17, 15) is 14.4 Å². The van der Waals surface area contributed by atoms with Gasteiger partial charge in [0.1, 0.15) is 6.04 Å². The average molecular weight is 408 g/mol. The van der Waals surface area contributed by atoms with Crippen LogP contribution in [0.25, 0.3) is 11.1 Å². The maximum atomic E-state index is 13.2. The molecule has 0 aromatic heterocycles. The smallest absolute Gasteiger partial charge is 0.245 e. The van der Waals surface area contributed by atoms with Gasteiger partial charge in [-0.3, -0.25) is 14.4 Å². The molecule has 0 aliphatic carbocycles. The van der Waals surface area contributed by atoms with Crippen molar-refractivity contribution >= 4 is 17.7 Å². The maximum absolute atomic E-state index is 13.2. The van der Waals surface area contributed by atoms with Crippen molar-refractivity contribution in [3.63, 3.8) is 0 Å². The molecule has 6 nitrogen and oxygen atoms in total. The van der Waals surface area contributed by atoms with E-state index in [0.717, 1.165) is 16.7 Å². The Bertz CT molecular complexity index is 941. The fraction of sp³-hybridized carbons (Fsp3) is 0.375. The molecule has 1 saturated heterocycles. The van der Waals surface area contributed by atoms with Gasteiger partial charge in [0.05, 0.1) is 6.54 Å². The van der Waals surface area contributed by atoms with E-state index in [4.69, 9.17) is 0 Å². The highest BCUT2D eigenvalue weighted by molar-refractivity contribution is 5.91. The van der Waals surface area contributed by atoms with Crippen molar-refractivity contribution < 1.29 is 14.4 Å². The van der Waals surface area contributed by atoms with Crippen LogP contribution in [0.5, 0.6) is 0 Å². The van der Waals surface area contributed by atoms with Gasteiger partial charge in [-0.15, -0.1) is 0 Å². The number of hydrogen-bond donors (Lipinski definition) is 1. The molecular formula is C24H29N3O3. The molecule has 6 heteroatoms. The van der Waals surface area contributed by atoms with E-state index in [1.54, 1.807) is 9.80 Å². The van der Waals surface area contributed by atoms with Crippen molar-refractivity contribution in [2.45, 2.75) is 33.2 Å². The number of nitrogens with zero attached hydrogens (tertiary/aromatic N) is 2. The molecule has 1 aliphatic heterocycles. The lowest BCUT2D eigenvalue weighted by Gasteiger charge is -2.40. The lowest BCUT2D eigenvalue weighted by molar-refractivity contribution is -0.151. The van der Waals surface area contributed by atoms with Crippen LogP contribution in [0.15, 0.2) is 48.5 Å². The highest BCUT2D eigenvalue weighted by atomic mass is 16.2. The SMILES string of the molecule is CCN1CCN(C(=O)CNC(C)=O)C(Cc2ccccc2-c2cccc(C)c2)C1=O. The number of amides is 3. The molecule has 1 unspecified atom stereocenters. The maximum Gasteiger partial charge on any atom is 0.245 e. The first-order chi connectivity index (χ1) is 14.4. The summed E-state index contributed by atoms with van der Waals surface area (Å²) < 4.78 is 0. The van der Waals surface area contributed by atoms with Gasteiger partial charge in [0, 0.05) is 33.0 Å². The van der Waals surface area contributed by atoms with Gasteiger partial charge in [0.2, 0.25) is 17.7 Å². The van der Waals surface area contributed by atoms with Crippen LogP contribution in [0.2, 0.25) is 0 Å². The van der Waals surface area contributed by atoms with Crippen LogP contribution >= 0.6 is 0 Å². The molecule has 1 aliphatic rings. The molecule has 3 rings (SSSR count). The highest BCUT2D eigenvalue weighted by Crippen LogP contribution is 2.27. The normalized spacial score (nSPS) is 16.5. The number of carbonyl (C=O) groups is 3. The number of rotatable bonds is 6. The quantitative estimate of drug-likeness (QED) is 0.799. The standard InChI is InChI=1S/C24H29N3O3/c1-4-26-12-13-27(23(29)16-25-18(3)28)22(24(26)30)15-20-9-5-6-11-21(20)19-10-7-8-17(2)14-19/h5-11,14,22H,4,12-13,15-16H2,1-3H3,(H,25,28). The molecule has 158 valence electrons. The van der Waals surface area contributed by atoms with Gasteiger partial charge in [-0.25, -0.2) is 0 Å². The van der Waals surface area contributed by atoms with Crippen molar-refractivity contribution in [1.29, 1.82) is 0 Å². The molecule has 0 radical (unpaired) electrons. The van der Waals surface area contributed by atoms with Crippen LogP contribution in [-0.2, 0) is 20.8 Å². The number of nitrogens with one attached hydrogen (secondary N) is 1. The van der Waals surface area contributed by atoms with Crippen LogP contribution < -0.4 is 5.32 Å². The first-order valence-electron chi connectivity index (χ1n) is 10.4. The summed E-state index contributed by atoms with van der Waals surface area (Å²) in [5.41, 5.74) is 4.35. The first kappa shape index (κ1) is 21.6. The fourth-order valence-electron chi connectivity index (χ4n) is 3.95. The summed E-state index contributed by atoms with van der Waals surface area (Å²) in [4.78, 5) is 40.6. The Morgan fingerprint density at radius 2 is 1.87 bits per heavy atom. The number of benzene rings is 2. The Balaban J connectivity index is 1.92. The van der Waals surface area contributed by atoms with Gasteiger partial charge in [-0.2, -0.15) is 0 Å². The van der Waals surface area contributed by atoms with Crippen LogP contribution in [0.4, 0.5) is 0 Å². The highest BCUT2D eigenvalue weighted by Gasteiger charge is 2.37. The zero-order valence-electron chi connectivity index (χ0n) is 17.9. The lowest BCUT2D eigenvalue weighted by atomic mass is 9.92. The van der Waals surface area contributed by atoms with Crippen molar-refractivity contribution in [3.8, 4) is 11.1 Å². The molecule has 0 bridgehead atoms. The Hall–Kier alpha value is -3.15. The Labute approximate surface area is 177 Å². The zero-order chi connectivity index (χ0) is 21.7. The van der Waals surface area contributed by atoms with Gasteiger partial charge in [0.25, 0.3) is 0 Å². The van der Waals surface area contributed by atoms with Gasteiger partial charge >= 0.3 is 0 Å². The van der Waals surface area contributed by atoms with E-state index in [2.05, 4.69) is 36.5 Å². The molecule has 2 aromatic carbocycles. The van der Waals surface area contributed by atoms with Gasteiger partial charge in [0.15, 0.2) is 0 Å². The Kier molecular flexibility index (Phi) is 6.87.